The number of benzene rings is 1. The number of carbonyl (C=O) groups excluding carboxylic acids is 1. The molecule has 0 spiro atoms. The zero-order valence-electron chi connectivity index (χ0n) is 9.07. The van der Waals surface area contributed by atoms with E-state index in [0.29, 0.717) is 0 Å². The van der Waals surface area contributed by atoms with Crippen molar-refractivity contribution in [3.63, 3.8) is 0 Å². The third kappa shape index (κ3) is 3.20. The van der Waals surface area contributed by atoms with Crippen molar-refractivity contribution in [1.82, 2.24) is 0 Å². The fraction of sp³-hybridized carbons (Fsp3) is 0.300. The van der Waals surface area contributed by atoms with Crippen LogP contribution in [0.1, 0.15) is 17.3 Å². The third-order valence-electron chi connectivity index (χ3n) is 1.91. The maximum Gasteiger partial charge on any atom is 0.387 e. The van der Waals surface area contributed by atoms with Crippen molar-refractivity contribution < 1.29 is 23.0 Å². The second kappa shape index (κ2) is 5.33. The number of alkyl halides is 2. The summed E-state index contributed by atoms with van der Waals surface area (Å²) in [7, 11) is 0. The second-order valence-corrected chi connectivity index (χ2v) is 3.07. The first-order valence-electron chi connectivity index (χ1n) is 4.76. The Morgan fingerprint density at radius 1 is 1.41 bits per heavy atom. The number of carbonyl (C=O) groups is 1. The molecule has 0 aliphatic carbocycles. The Kier molecular flexibility index (Phi) is 4.08. The lowest BCUT2D eigenvalue weighted by Gasteiger charge is -2.11. The van der Waals surface area contributed by atoms with E-state index in [2.05, 4.69) is 4.74 Å². The highest BCUT2D eigenvalue weighted by atomic mass is 19.3. The number of nitrogen functional groups attached to an aromatic ring is 2. The molecule has 1 aromatic carbocycles. The molecule has 0 atom stereocenters. The number of rotatable bonds is 4. The molecule has 0 fully saturated rings. The lowest BCUT2D eigenvalue weighted by molar-refractivity contribution is -0.0498. The van der Waals surface area contributed by atoms with Crippen LogP contribution in [0.4, 0.5) is 20.2 Å². The van der Waals surface area contributed by atoms with Crippen molar-refractivity contribution >= 4 is 17.3 Å². The van der Waals surface area contributed by atoms with Gasteiger partial charge in [0.25, 0.3) is 0 Å². The molecule has 0 aliphatic heterocycles. The minimum Gasteiger partial charge on any atom is -0.462 e. The summed E-state index contributed by atoms with van der Waals surface area (Å²) in [6.45, 7) is -1.26. The normalized spacial score (nSPS) is 10.4. The van der Waals surface area contributed by atoms with Gasteiger partial charge < -0.3 is 20.9 Å². The summed E-state index contributed by atoms with van der Waals surface area (Å²) in [5.74, 6) is -0.980. The number of anilines is 2. The first kappa shape index (κ1) is 13.0. The van der Waals surface area contributed by atoms with Gasteiger partial charge in [-0.2, -0.15) is 8.78 Å². The molecule has 5 nitrogen and oxygen atoms in total. The van der Waals surface area contributed by atoms with Crippen molar-refractivity contribution in [3.8, 4) is 5.75 Å². The van der Waals surface area contributed by atoms with Crippen LogP contribution in [0.3, 0.4) is 0 Å². The van der Waals surface area contributed by atoms with Crippen LogP contribution in [0.25, 0.3) is 0 Å². The molecule has 17 heavy (non-hydrogen) atoms. The Labute approximate surface area is 96.3 Å². The highest BCUT2D eigenvalue weighted by molar-refractivity contribution is 5.98. The molecule has 1 aromatic rings. The van der Waals surface area contributed by atoms with E-state index in [1.165, 1.54) is 0 Å². The number of ether oxygens (including phenoxy) is 2. The van der Waals surface area contributed by atoms with E-state index in [-0.39, 0.29) is 29.3 Å². The van der Waals surface area contributed by atoms with Gasteiger partial charge in [0.05, 0.1) is 23.5 Å². The molecule has 0 heterocycles. The standard InChI is InChI=1S/C10H12F2N2O3/c1-2-16-9(15)6-3-5(17-10(11)12)4-7(13)8(6)14/h3-4,10H,2,13-14H2,1H3. The Hall–Kier alpha value is -2.05. The highest BCUT2D eigenvalue weighted by Crippen LogP contribution is 2.28. The van der Waals surface area contributed by atoms with Crippen molar-refractivity contribution in [3.05, 3.63) is 17.7 Å². The number of nitrogens with two attached hydrogens (primary N) is 2. The molecular weight excluding hydrogens is 234 g/mol. The molecule has 0 saturated heterocycles. The van der Waals surface area contributed by atoms with Gasteiger partial charge in [-0.25, -0.2) is 4.79 Å². The van der Waals surface area contributed by atoms with E-state index in [1.54, 1.807) is 6.92 Å². The number of halogens is 2. The molecule has 0 aliphatic rings. The Morgan fingerprint density at radius 2 is 2.06 bits per heavy atom. The van der Waals surface area contributed by atoms with E-state index < -0.39 is 12.6 Å². The van der Waals surface area contributed by atoms with Crippen LogP contribution < -0.4 is 16.2 Å². The number of hydrogen-bond acceptors (Lipinski definition) is 5. The predicted octanol–water partition coefficient (Wildman–Crippen LogP) is 1.63. The van der Waals surface area contributed by atoms with Crippen LogP contribution in [0.5, 0.6) is 5.75 Å². The Balaban J connectivity index is 3.10. The second-order valence-electron chi connectivity index (χ2n) is 3.07. The predicted molar refractivity (Wildman–Crippen MR) is 57.9 cm³/mol. The average molecular weight is 246 g/mol. The van der Waals surface area contributed by atoms with Crippen LogP contribution >= 0.6 is 0 Å². The van der Waals surface area contributed by atoms with Gasteiger partial charge in [-0.3, -0.25) is 0 Å². The fourth-order valence-electron chi connectivity index (χ4n) is 1.20. The highest BCUT2D eigenvalue weighted by Gasteiger charge is 2.16. The van der Waals surface area contributed by atoms with E-state index in [9.17, 15) is 13.6 Å². The minimum absolute atomic E-state index is 0.0220. The summed E-state index contributed by atoms with van der Waals surface area (Å²) in [5, 5.41) is 0. The molecule has 1 rings (SSSR count). The fourth-order valence-corrected chi connectivity index (χ4v) is 1.20. The van der Waals surface area contributed by atoms with Crippen molar-refractivity contribution in [1.29, 1.82) is 0 Å². The van der Waals surface area contributed by atoms with Crippen LogP contribution in [0.2, 0.25) is 0 Å². The molecule has 0 amide bonds. The summed E-state index contributed by atoms with van der Waals surface area (Å²) in [6, 6.07) is 2.18. The largest absolute Gasteiger partial charge is 0.462 e. The molecular formula is C10H12F2N2O3. The van der Waals surface area contributed by atoms with Gasteiger partial charge in [-0.05, 0) is 13.0 Å². The summed E-state index contributed by atoms with van der Waals surface area (Å²) in [6.07, 6.45) is 0. The maximum absolute atomic E-state index is 12.0. The van der Waals surface area contributed by atoms with Crippen LogP contribution in [-0.2, 0) is 4.74 Å². The third-order valence-corrected chi connectivity index (χ3v) is 1.91. The summed E-state index contributed by atoms with van der Waals surface area (Å²) >= 11 is 0. The smallest absolute Gasteiger partial charge is 0.387 e. The van der Waals surface area contributed by atoms with Crippen LogP contribution in [-0.4, -0.2) is 19.2 Å². The molecule has 0 aromatic heterocycles. The molecule has 7 heteroatoms. The van der Waals surface area contributed by atoms with Gasteiger partial charge in [0, 0.05) is 6.07 Å². The van der Waals surface area contributed by atoms with Gasteiger partial charge in [0.1, 0.15) is 5.75 Å². The van der Waals surface area contributed by atoms with E-state index in [0.717, 1.165) is 12.1 Å². The SMILES string of the molecule is CCOC(=O)c1cc(OC(F)F)cc(N)c1N. The lowest BCUT2D eigenvalue weighted by atomic mass is 10.1. The van der Waals surface area contributed by atoms with Crippen molar-refractivity contribution in [2.24, 2.45) is 0 Å². The molecule has 0 bridgehead atoms. The van der Waals surface area contributed by atoms with Crippen molar-refractivity contribution in [2.45, 2.75) is 13.5 Å². The first-order valence-corrected chi connectivity index (χ1v) is 4.76. The van der Waals surface area contributed by atoms with Gasteiger partial charge in [0.15, 0.2) is 0 Å². The maximum atomic E-state index is 12.0. The molecule has 0 unspecified atom stereocenters. The molecule has 94 valence electrons. The quantitative estimate of drug-likeness (QED) is 0.622. The van der Waals surface area contributed by atoms with Crippen molar-refractivity contribution in [2.75, 3.05) is 18.1 Å². The van der Waals surface area contributed by atoms with Gasteiger partial charge in [0.2, 0.25) is 0 Å². The molecule has 0 saturated carbocycles. The zero-order valence-corrected chi connectivity index (χ0v) is 9.07. The average Bonchev–Trinajstić information content (AvgIpc) is 2.22. The van der Waals surface area contributed by atoms with Gasteiger partial charge in [-0.1, -0.05) is 0 Å². The summed E-state index contributed by atoms with van der Waals surface area (Å²) in [4.78, 5) is 11.5. The molecule has 0 radical (unpaired) electrons. The Morgan fingerprint density at radius 3 is 2.59 bits per heavy atom. The van der Waals surface area contributed by atoms with Gasteiger partial charge in [-0.15, -0.1) is 0 Å². The summed E-state index contributed by atoms with van der Waals surface area (Å²) in [5.41, 5.74) is 10.9. The monoisotopic (exact) mass is 246 g/mol. The van der Waals surface area contributed by atoms with E-state index in [4.69, 9.17) is 16.2 Å². The van der Waals surface area contributed by atoms with Gasteiger partial charge >= 0.3 is 12.6 Å². The lowest BCUT2D eigenvalue weighted by Crippen LogP contribution is -2.11. The molecule has 4 N–H and O–H groups in total. The summed E-state index contributed by atoms with van der Waals surface area (Å²) < 4.78 is 32.9. The topological polar surface area (TPSA) is 87.6 Å². The zero-order chi connectivity index (χ0) is 13.0. The van der Waals surface area contributed by atoms with Crippen LogP contribution in [0, 0.1) is 0 Å². The van der Waals surface area contributed by atoms with Crippen LogP contribution in [0.15, 0.2) is 12.1 Å². The Bertz CT molecular complexity index is 424. The van der Waals surface area contributed by atoms with E-state index in [1.807, 2.05) is 0 Å². The minimum atomic E-state index is -3.01. The number of hydrogen-bond donors (Lipinski definition) is 2. The first-order chi connectivity index (χ1) is 7.95. The van der Waals surface area contributed by atoms with E-state index >= 15 is 0 Å². The number of esters is 1.